The number of nitrogens with one attached hydrogen (secondary N) is 1. The van der Waals surface area contributed by atoms with Gasteiger partial charge in [-0.25, -0.2) is 4.98 Å². The highest BCUT2D eigenvalue weighted by Gasteiger charge is 2.38. The first kappa shape index (κ1) is 24.7. The van der Waals surface area contributed by atoms with Crippen LogP contribution in [0.2, 0.25) is 0 Å². The third-order valence-electron chi connectivity index (χ3n) is 7.13. The van der Waals surface area contributed by atoms with E-state index in [1.807, 2.05) is 27.7 Å². The topological polar surface area (TPSA) is 76.5 Å². The van der Waals surface area contributed by atoms with Gasteiger partial charge in [-0.15, -0.1) is 11.3 Å². The van der Waals surface area contributed by atoms with Gasteiger partial charge in [0.05, 0.1) is 24.4 Å². The van der Waals surface area contributed by atoms with E-state index in [9.17, 15) is 9.59 Å². The Kier molecular flexibility index (Phi) is 7.83. The predicted molar refractivity (Wildman–Crippen MR) is 136 cm³/mol. The van der Waals surface area contributed by atoms with Crippen molar-refractivity contribution in [2.24, 2.45) is 0 Å². The molecule has 2 aliphatic rings. The molecule has 1 saturated carbocycles. The van der Waals surface area contributed by atoms with Crippen molar-refractivity contribution in [1.29, 1.82) is 0 Å². The average Bonchev–Trinajstić information content (AvgIpc) is 3.10. The highest BCUT2D eigenvalue weighted by Crippen LogP contribution is 2.34. The second-order valence-corrected chi connectivity index (χ2v) is 11.7. The normalized spacial score (nSPS) is 19.3. The Labute approximate surface area is 204 Å². The molecule has 3 heterocycles. The Morgan fingerprint density at radius 3 is 2.58 bits per heavy atom. The van der Waals surface area contributed by atoms with E-state index < -0.39 is 0 Å². The number of hydrogen-bond donors (Lipinski definition) is 1. The number of thioether (sulfide) groups is 1. The van der Waals surface area contributed by atoms with Crippen LogP contribution in [-0.2, 0) is 9.53 Å². The lowest BCUT2D eigenvalue weighted by atomic mass is 9.79. The number of thiophene rings is 1. The van der Waals surface area contributed by atoms with Crippen LogP contribution in [0.1, 0.15) is 62.4 Å². The first-order valence-corrected chi connectivity index (χ1v) is 13.9. The quantitative estimate of drug-likeness (QED) is 0.467. The van der Waals surface area contributed by atoms with Crippen LogP contribution in [0.25, 0.3) is 10.2 Å². The van der Waals surface area contributed by atoms with E-state index in [0.717, 1.165) is 54.4 Å². The molecule has 1 aliphatic carbocycles. The van der Waals surface area contributed by atoms with E-state index in [2.05, 4.69) is 10.2 Å². The van der Waals surface area contributed by atoms with Crippen LogP contribution in [-0.4, -0.2) is 64.5 Å². The van der Waals surface area contributed by atoms with Crippen LogP contribution in [0.4, 0.5) is 0 Å². The molecule has 33 heavy (non-hydrogen) atoms. The van der Waals surface area contributed by atoms with Crippen LogP contribution in [0.3, 0.4) is 0 Å². The maximum absolute atomic E-state index is 13.2. The molecule has 1 saturated heterocycles. The van der Waals surface area contributed by atoms with Crippen molar-refractivity contribution in [1.82, 2.24) is 19.8 Å². The van der Waals surface area contributed by atoms with Gasteiger partial charge < -0.3 is 10.1 Å². The zero-order valence-corrected chi connectivity index (χ0v) is 21.9. The number of aryl methyl sites for hydroxylation is 2. The summed E-state index contributed by atoms with van der Waals surface area (Å²) in [4.78, 5) is 35.3. The van der Waals surface area contributed by atoms with Crippen molar-refractivity contribution >= 4 is 39.2 Å². The van der Waals surface area contributed by atoms with Gasteiger partial charge in [-0.05, 0) is 46.1 Å². The molecule has 9 heteroatoms. The Morgan fingerprint density at radius 2 is 1.91 bits per heavy atom. The average molecular weight is 493 g/mol. The summed E-state index contributed by atoms with van der Waals surface area (Å²) < 4.78 is 7.29. The molecule has 0 aromatic carbocycles. The molecular weight excluding hydrogens is 456 g/mol. The molecule has 1 N–H and O–H groups in total. The lowest BCUT2D eigenvalue weighted by Gasteiger charge is -2.48. The van der Waals surface area contributed by atoms with Gasteiger partial charge in [0.2, 0.25) is 5.91 Å². The van der Waals surface area contributed by atoms with Gasteiger partial charge in [-0.3, -0.25) is 19.1 Å². The summed E-state index contributed by atoms with van der Waals surface area (Å²) in [6, 6.07) is -0.0219. The van der Waals surface area contributed by atoms with Crippen molar-refractivity contribution < 1.29 is 9.53 Å². The van der Waals surface area contributed by atoms with Crippen molar-refractivity contribution in [3.8, 4) is 0 Å². The fourth-order valence-electron chi connectivity index (χ4n) is 5.14. The zero-order valence-electron chi connectivity index (χ0n) is 20.2. The number of aromatic nitrogens is 2. The van der Waals surface area contributed by atoms with Gasteiger partial charge in [-0.1, -0.05) is 31.0 Å². The zero-order chi connectivity index (χ0) is 23.6. The molecule has 0 unspecified atom stereocenters. The standard InChI is InChI=1S/C24H36N4O3S2/c1-16(2)28-22(30)20-17(3)18(4)33-21(20)26-23(28)32-14-19(29)25-15-24(8-6-5-7-9-24)27-10-12-31-13-11-27/h16H,5-15H2,1-4H3,(H,25,29). The number of carbonyl (C=O) groups excluding carboxylic acids is 1. The summed E-state index contributed by atoms with van der Waals surface area (Å²) in [6.07, 6.45) is 5.96. The summed E-state index contributed by atoms with van der Waals surface area (Å²) in [5.41, 5.74) is 1.05. The third-order valence-corrected chi connectivity index (χ3v) is 9.19. The Balaban J connectivity index is 1.46. The lowest BCUT2D eigenvalue weighted by molar-refractivity contribution is -0.119. The van der Waals surface area contributed by atoms with Crippen molar-refractivity contribution in [2.45, 2.75) is 76.5 Å². The molecular formula is C24H36N4O3S2. The molecule has 2 aromatic heterocycles. The van der Waals surface area contributed by atoms with E-state index in [4.69, 9.17) is 9.72 Å². The highest BCUT2D eigenvalue weighted by molar-refractivity contribution is 7.99. The number of nitrogens with zero attached hydrogens (tertiary/aromatic N) is 3. The van der Waals surface area contributed by atoms with E-state index in [0.29, 0.717) is 17.1 Å². The second-order valence-electron chi connectivity index (χ2n) is 9.58. The number of fused-ring (bicyclic) bond motifs is 1. The number of amides is 1. The highest BCUT2D eigenvalue weighted by atomic mass is 32.2. The summed E-state index contributed by atoms with van der Waals surface area (Å²) in [7, 11) is 0. The summed E-state index contributed by atoms with van der Waals surface area (Å²) in [6.45, 7) is 12.1. The van der Waals surface area contributed by atoms with Crippen LogP contribution >= 0.6 is 23.1 Å². The maximum Gasteiger partial charge on any atom is 0.263 e. The van der Waals surface area contributed by atoms with Crippen LogP contribution in [0.5, 0.6) is 0 Å². The van der Waals surface area contributed by atoms with Crippen LogP contribution < -0.4 is 10.9 Å². The molecule has 1 aliphatic heterocycles. The van der Waals surface area contributed by atoms with Gasteiger partial charge in [0.25, 0.3) is 5.56 Å². The van der Waals surface area contributed by atoms with Crippen LogP contribution in [0.15, 0.2) is 9.95 Å². The first-order valence-electron chi connectivity index (χ1n) is 12.1. The molecule has 0 bridgehead atoms. The minimum atomic E-state index is -0.0219. The van der Waals surface area contributed by atoms with Gasteiger partial charge in [0.1, 0.15) is 4.83 Å². The summed E-state index contributed by atoms with van der Waals surface area (Å²) in [5, 5.41) is 4.56. The third kappa shape index (κ3) is 5.16. The second kappa shape index (κ2) is 10.5. The fourth-order valence-corrected chi connectivity index (χ4v) is 7.17. The molecule has 2 fully saturated rings. The number of carbonyl (C=O) groups is 1. The number of ether oxygens (including phenoxy) is 1. The largest absolute Gasteiger partial charge is 0.379 e. The molecule has 4 rings (SSSR count). The fraction of sp³-hybridized carbons (Fsp3) is 0.708. The van der Waals surface area contributed by atoms with Gasteiger partial charge in [0, 0.05) is 36.1 Å². The van der Waals surface area contributed by atoms with E-state index in [1.165, 1.54) is 31.0 Å². The molecule has 0 spiro atoms. The van der Waals surface area contributed by atoms with Crippen molar-refractivity contribution in [3.05, 3.63) is 20.8 Å². The summed E-state index contributed by atoms with van der Waals surface area (Å²) >= 11 is 2.91. The SMILES string of the molecule is Cc1sc2nc(SCC(=O)NCC3(N4CCOCC4)CCCCC3)n(C(C)C)c(=O)c2c1C. The smallest absolute Gasteiger partial charge is 0.263 e. The monoisotopic (exact) mass is 492 g/mol. The number of rotatable bonds is 7. The molecule has 0 atom stereocenters. The van der Waals surface area contributed by atoms with Crippen LogP contribution in [0, 0.1) is 13.8 Å². The molecule has 2 aromatic rings. The Hall–Kier alpha value is -1.42. The molecule has 1 amide bonds. The minimum Gasteiger partial charge on any atom is -0.379 e. The maximum atomic E-state index is 13.2. The lowest BCUT2D eigenvalue weighted by Crippen LogP contribution is -2.59. The molecule has 0 radical (unpaired) electrons. The molecule has 7 nitrogen and oxygen atoms in total. The number of hydrogen-bond acceptors (Lipinski definition) is 7. The molecule has 182 valence electrons. The van der Waals surface area contributed by atoms with Gasteiger partial charge in [0.15, 0.2) is 5.16 Å². The summed E-state index contributed by atoms with van der Waals surface area (Å²) in [5.74, 6) is 0.258. The van der Waals surface area contributed by atoms with Gasteiger partial charge in [-0.2, -0.15) is 0 Å². The van der Waals surface area contributed by atoms with E-state index in [-0.39, 0.29) is 28.8 Å². The van der Waals surface area contributed by atoms with Crippen molar-refractivity contribution in [3.63, 3.8) is 0 Å². The van der Waals surface area contributed by atoms with E-state index >= 15 is 0 Å². The Bertz CT molecular complexity index is 1050. The van der Waals surface area contributed by atoms with Gasteiger partial charge >= 0.3 is 0 Å². The Morgan fingerprint density at radius 1 is 1.21 bits per heavy atom. The minimum absolute atomic E-state index is 0.00130. The number of morpholine rings is 1. The van der Waals surface area contributed by atoms with E-state index in [1.54, 1.807) is 15.9 Å². The predicted octanol–water partition coefficient (Wildman–Crippen LogP) is 3.90. The van der Waals surface area contributed by atoms with Crippen molar-refractivity contribution in [2.75, 3.05) is 38.6 Å². The first-order chi connectivity index (χ1) is 15.8.